The molecular weight excluding hydrogens is 257 g/mol. The molecule has 0 aromatic heterocycles. The van der Waals surface area contributed by atoms with Gasteiger partial charge in [0.2, 0.25) is 5.91 Å². The molecule has 0 aliphatic rings. The zero-order valence-electron chi connectivity index (χ0n) is 10.1. The molecule has 104 valence electrons. The van der Waals surface area contributed by atoms with E-state index in [4.69, 9.17) is 5.11 Å². The number of halogens is 1. The van der Waals surface area contributed by atoms with Crippen LogP contribution in [0.3, 0.4) is 0 Å². The molecule has 19 heavy (non-hydrogen) atoms. The number of rotatable bonds is 5. The first-order valence-electron chi connectivity index (χ1n) is 5.46. The first-order valence-corrected chi connectivity index (χ1v) is 5.46. The van der Waals surface area contributed by atoms with Gasteiger partial charge in [-0.25, -0.2) is 9.18 Å². The van der Waals surface area contributed by atoms with Crippen LogP contribution < -0.4 is 5.32 Å². The summed E-state index contributed by atoms with van der Waals surface area (Å²) in [5, 5.41) is 30.3. The Labute approximate surface area is 108 Å². The van der Waals surface area contributed by atoms with Gasteiger partial charge in [-0.3, -0.25) is 4.79 Å². The standard InChI is InChI=1S/C12H14FNO5/c1-6(15)14-5-10(16)11(17)7-2-3-8(12(18)19)9(13)4-7/h2-4,10-11,16-17H,5H2,1H3,(H,14,15)(H,18,19). The Kier molecular flexibility index (Phi) is 4.96. The minimum atomic E-state index is -1.43. The summed E-state index contributed by atoms with van der Waals surface area (Å²) >= 11 is 0. The molecule has 0 bridgehead atoms. The number of aliphatic hydroxyl groups is 2. The van der Waals surface area contributed by atoms with E-state index in [2.05, 4.69) is 5.32 Å². The van der Waals surface area contributed by atoms with Crippen LogP contribution in [-0.4, -0.2) is 39.8 Å². The third-order valence-electron chi connectivity index (χ3n) is 2.49. The maximum Gasteiger partial charge on any atom is 0.338 e. The van der Waals surface area contributed by atoms with Crippen molar-refractivity contribution in [3.8, 4) is 0 Å². The Balaban J connectivity index is 2.82. The molecule has 0 saturated heterocycles. The minimum Gasteiger partial charge on any atom is -0.478 e. The van der Waals surface area contributed by atoms with Crippen molar-refractivity contribution >= 4 is 11.9 Å². The van der Waals surface area contributed by atoms with Gasteiger partial charge < -0.3 is 20.6 Å². The number of carboxylic acid groups (broad SMARTS) is 1. The van der Waals surface area contributed by atoms with Gasteiger partial charge in [-0.15, -0.1) is 0 Å². The topological polar surface area (TPSA) is 107 Å². The van der Waals surface area contributed by atoms with Crippen LogP contribution in [0.4, 0.5) is 4.39 Å². The second-order valence-corrected chi connectivity index (χ2v) is 3.99. The van der Waals surface area contributed by atoms with E-state index in [0.717, 1.165) is 12.1 Å². The quantitative estimate of drug-likeness (QED) is 0.605. The number of aromatic carboxylic acids is 1. The molecule has 1 amide bonds. The van der Waals surface area contributed by atoms with Crippen LogP contribution in [0.5, 0.6) is 0 Å². The van der Waals surface area contributed by atoms with Gasteiger partial charge in [0.25, 0.3) is 0 Å². The summed E-state index contributed by atoms with van der Waals surface area (Å²) in [6, 6.07) is 3.04. The minimum absolute atomic E-state index is 0.0281. The van der Waals surface area contributed by atoms with Gasteiger partial charge in [-0.1, -0.05) is 6.07 Å². The number of nitrogens with one attached hydrogen (secondary N) is 1. The molecule has 0 fully saturated rings. The number of benzene rings is 1. The van der Waals surface area contributed by atoms with Gasteiger partial charge in [-0.2, -0.15) is 0 Å². The van der Waals surface area contributed by atoms with E-state index in [1.807, 2.05) is 0 Å². The summed E-state index contributed by atoms with van der Waals surface area (Å²) in [5.74, 6) is -2.80. The van der Waals surface area contributed by atoms with Gasteiger partial charge in [0.1, 0.15) is 18.0 Å². The van der Waals surface area contributed by atoms with Crippen LogP contribution >= 0.6 is 0 Å². The Morgan fingerprint density at radius 3 is 2.47 bits per heavy atom. The van der Waals surface area contributed by atoms with Gasteiger partial charge in [0.05, 0.1) is 5.56 Å². The Bertz CT molecular complexity index is 491. The highest BCUT2D eigenvalue weighted by Gasteiger charge is 2.20. The molecule has 1 aromatic rings. The number of carbonyl (C=O) groups is 2. The molecule has 1 rings (SSSR count). The number of hydrogen-bond acceptors (Lipinski definition) is 4. The fraction of sp³-hybridized carbons (Fsp3) is 0.333. The molecule has 0 heterocycles. The van der Waals surface area contributed by atoms with Gasteiger partial charge in [0.15, 0.2) is 0 Å². The molecule has 2 atom stereocenters. The first-order chi connectivity index (χ1) is 8.82. The van der Waals surface area contributed by atoms with Crippen molar-refractivity contribution in [2.45, 2.75) is 19.1 Å². The first kappa shape index (κ1) is 15.1. The summed E-state index contributed by atoms with van der Waals surface area (Å²) < 4.78 is 13.4. The van der Waals surface area contributed by atoms with Crippen LogP contribution in [0.1, 0.15) is 28.9 Å². The second kappa shape index (κ2) is 6.26. The van der Waals surface area contributed by atoms with Crippen molar-refractivity contribution in [2.24, 2.45) is 0 Å². The van der Waals surface area contributed by atoms with E-state index in [1.54, 1.807) is 0 Å². The summed E-state index contributed by atoms with van der Waals surface area (Å²) in [6.45, 7) is 1.05. The van der Waals surface area contributed by atoms with E-state index in [1.165, 1.54) is 13.0 Å². The predicted octanol–water partition coefficient (Wildman–Crippen LogP) is 0.0543. The molecule has 0 aliphatic carbocycles. The number of amides is 1. The molecule has 2 unspecified atom stereocenters. The monoisotopic (exact) mass is 271 g/mol. The van der Waals surface area contributed by atoms with E-state index in [9.17, 15) is 24.2 Å². The highest BCUT2D eigenvalue weighted by Crippen LogP contribution is 2.19. The number of hydrogen-bond donors (Lipinski definition) is 4. The van der Waals surface area contributed by atoms with Crippen LogP contribution in [0.2, 0.25) is 0 Å². The third-order valence-corrected chi connectivity index (χ3v) is 2.49. The van der Waals surface area contributed by atoms with E-state index < -0.39 is 29.6 Å². The van der Waals surface area contributed by atoms with E-state index in [0.29, 0.717) is 0 Å². The summed E-state index contributed by atoms with van der Waals surface area (Å²) in [7, 11) is 0. The van der Waals surface area contributed by atoms with Crippen LogP contribution in [-0.2, 0) is 4.79 Å². The van der Waals surface area contributed by atoms with Crippen LogP contribution in [0, 0.1) is 5.82 Å². The fourth-order valence-corrected chi connectivity index (χ4v) is 1.47. The lowest BCUT2D eigenvalue weighted by Crippen LogP contribution is -2.34. The highest BCUT2D eigenvalue weighted by atomic mass is 19.1. The zero-order valence-corrected chi connectivity index (χ0v) is 10.1. The number of carbonyl (C=O) groups excluding carboxylic acids is 1. The smallest absolute Gasteiger partial charge is 0.338 e. The summed E-state index contributed by atoms with van der Waals surface area (Å²) in [5.41, 5.74) is -0.493. The normalized spacial score (nSPS) is 13.7. The van der Waals surface area contributed by atoms with Crippen LogP contribution in [0.15, 0.2) is 18.2 Å². The summed E-state index contributed by atoms with van der Waals surface area (Å²) in [4.78, 5) is 21.3. The lowest BCUT2D eigenvalue weighted by molar-refractivity contribution is -0.119. The molecule has 6 nitrogen and oxygen atoms in total. The largest absolute Gasteiger partial charge is 0.478 e. The maximum atomic E-state index is 13.4. The number of aliphatic hydroxyl groups excluding tert-OH is 2. The van der Waals surface area contributed by atoms with Crippen LogP contribution in [0.25, 0.3) is 0 Å². The van der Waals surface area contributed by atoms with Gasteiger partial charge >= 0.3 is 5.97 Å². The average Bonchev–Trinajstić information content (AvgIpc) is 2.34. The molecule has 0 aliphatic heterocycles. The van der Waals surface area contributed by atoms with Crippen molar-refractivity contribution in [1.29, 1.82) is 0 Å². The van der Waals surface area contributed by atoms with E-state index in [-0.39, 0.29) is 18.0 Å². The average molecular weight is 271 g/mol. The zero-order chi connectivity index (χ0) is 14.6. The molecule has 7 heteroatoms. The third kappa shape index (κ3) is 4.01. The highest BCUT2D eigenvalue weighted by molar-refractivity contribution is 5.87. The second-order valence-electron chi connectivity index (χ2n) is 3.99. The predicted molar refractivity (Wildman–Crippen MR) is 63.0 cm³/mol. The van der Waals surface area contributed by atoms with Crippen molar-refractivity contribution in [3.05, 3.63) is 35.1 Å². The van der Waals surface area contributed by atoms with E-state index >= 15 is 0 Å². The molecule has 0 spiro atoms. The lowest BCUT2D eigenvalue weighted by Gasteiger charge is -2.18. The van der Waals surface area contributed by atoms with Gasteiger partial charge in [-0.05, 0) is 17.7 Å². The van der Waals surface area contributed by atoms with Crippen molar-refractivity contribution in [3.63, 3.8) is 0 Å². The van der Waals surface area contributed by atoms with Gasteiger partial charge in [0, 0.05) is 13.5 Å². The Morgan fingerprint density at radius 1 is 1.37 bits per heavy atom. The van der Waals surface area contributed by atoms with Crippen molar-refractivity contribution in [1.82, 2.24) is 5.32 Å². The summed E-state index contributed by atoms with van der Waals surface area (Å²) in [6.07, 6.45) is -2.75. The molecular formula is C12H14FNO5. The maximum absolute atomic E-state index is 13.4. The lowest BCUT2D eigenvalue weighted by atomic mass is 10.0. The molecule has 4 N–H and O–H groups in total. The van der Waals surface area contributed by atoms with Crippen molar-refractivity contribution in [2.75, 3.05) is 6.54 Å². The van der Waals surface area contributed by atoms with Crippen molar-refractivity contribution < 1.29 is 29.3 Å². The SMILES string of the molecule is CC(=O)NCC(O)C(O)c1ccc(C(=O)O)c(F)c1. The Morgan fingerprint density at radius 2 is 2.00 bits per heavy atom. The fourth-order valence-electron chi connectivity index (χ4n) is 1.47. The molecule has 1 aromatic carbocycles. The number of carboxylic acids is 1. The molecule has 0 radical (unpaired) electrons. The molecule has 0 saturated carbocycles. The Hall–Kier alpha value is -1.99.